The topological polar surface area (TPSA) is 47.7 Å². The van der Waals surface area contributed by atoms with Gasteiger partial charge in [0.15, 0.2) is 0 Å². The van der Waals surface area contributed by atoms with E-state index in [0.29, 0.717) is 0 Å². The number of halogens is 1. The first-order valence-corrected chi connectivity index (χ1v) is 6.45. The van der Waals surface area contributed by atoms with E-state index in [2.05, 4.69) is 42.4 Å². The molecule has 5 nitrogen and oxygen atoms in total. The molecule has 1 N–H and O–H groups in total. The molecule has 0 saturated heterocycles. The number of aromatic nitrogens is 4. The lowest BCUT2D eigenvalue weighted by molar-refractivity contribution is 0.621. The summed E-state index contributed by atoms with van der Waals surface area (Å²) in [5.74, 6) is 1.07. The van der Waals surface area contributed by atoms with Gasteiger partial charge >= 0.3 is 0 Å². The van der Waals surface area contributed by atoms with Crippen molar-refractivity contribution < 1.29 is 0 Å². The van der Waals surface area contributed by atoms with Crippen molar-refractivity contribution in [2.75, 3.05) is 5.32 Å². The third-order valence-corrected chi connectivity index (χ3v) is 3.10. The van der Waals surface area contributed by atoms with Crippen LogP contribution >= 0.6 is 12.4 Å². The van der Waals surface area contributed by atoms with Crippen LogP contribution in [0.25, 0.3) is 0 Å². The Morgan fingerprint density at radius 2 is 1.84 bits per heavy atom. The second-order valence-corrected chi connectivity index (χ2v) is 4.43. The van der Waals surface area contributed by atoms with Crippen molar-refractivity contribution in [2.45, 2.75) is 47.3 Å². The van der Waals surface area contributed by atoms with Crippen LogP contribution < -0.4 is 5.32 Å². The lowest BCUT2D eigenvalue weighted by Gasteiger charge is -2.10. The van der Waals surface area contributed by atoms with Gasteiger partial charge in [-0.2, -0.15) is 10.2 Å². The summed E-state index contributed by atoms with van der Waals surface area (Å²) in [6.45, 7) is 10.9. The molecule has 2 heterocycles. The van der Waals surface area contributed by atoms with Gasteiger partial charge in [0, 0.05) is 19.2 Å². The first-order chi connectivity index (χ1) is 8.65. The molecule has 106 valence electrons. The summed E-state index contributed by atoms with van der Waals surface area (Å²) in [6.07, 6.45) is 1.92. The lowest BCUT2D eigenvalue weighted by atomic mass is 10.2. The van der Waals surface area contributed by atoms with Crippen molar-refractivity contribution in [1.29, 1.82) is 0 Å². The van der Waals surface area contributed by atoms with Gasteiger partial charge in [0.2, 0.25) is 0 Å². The van der Waals surface area contributed by atoms with E-state index in [0.717, 1.165) is 31.1 Å². The molecular weight excluding hydrogens is 262 g/mol. The zero-order chi connectivity index (χ0) is 13.1. The highest BCUT2D eigenvalue weighted by molar-refractivity contribution is 5.85. The highest BCUT2D eigenvalue weighted by Crippen LogP contribution is 2.13. The van der Waals surface area contributed by atoms with Crippen LogP contribution in [-0.4, -0.2) is 19.6 Å². The van der Waals surface area contributed by atoms with Crippen LogP contribution in [0, 0.1) is 13.8 Å². The molecule has 0 saturated carbocycles. The summed E-state index contributed by atoms with van der Waals surface area (Å²) >= 11 is 0. The van der Waals surface area contributed by atoms with Crippen molar-refractivity contribution in [3.8, 4) is 0 Å². The van der Waals surface area contributed by atoms with E-state index in [1.54, 1.807) is 0 Å². The Bertz CT molecular complexity index is 529. The number of anilines is 1. The molecule has 2 aromatic heterocycles. The fourth-order valence-corrected chi connectivity index (χ4v) is 2.11. The molecule has 0 atom stereocenters. The molecular formula is C13H22ClN5. The second kappa shape index (κ2) is 6.61. The Morgan fingerprint density at radius 3 is 2.47 bits per heavy atom. The molecule has 19 heavy (non-hydrogen) atoms. The molecule has 0 bridgehead atoms. The van der Waals surface area contributed by atoms with Gasteiger partial charge in [-0.25, -0.2) is 4.68 Å². The average molecular weight is 284 g/mol. The monoisotopic (exact) mass is 283 g/mol. The van der Waals surface area contributed by atoms with Crippen LogP contribution in [0.3, 0.4) is 0 Å². The second-order valence-electron chi connectivity index (χ2n) is 4.43. The number of nitrogens with one attached hydrogen (secondary N) is 1. The number of hydrogen-bond acceptors (Lipinski definition) is 3. The molecule has 6 heteroatoms. The average Bonchev–Trinajstić information content (AvgIpc) is 2.89. The lowest BCUT2D eigenvalue weighted by Crippen LogP contribution is -2.11. The van der Waals surface area contributed by atoms with Crippen LogP contribution in [0.4, 0.5) is 5.82 Å². The first-order valence-electron chi connectivity index (χ1n) is 6.45. The molecule has 0 amide bonds. The third kappa shape index (κ3) is 3.29. The number of aryl methyl sites for hydroxylation is 4. The van der Waals surface area contributed by atoms with Gasteiger partial charge in [-0.1, -0.05) is 0 Å². The molecule has 0 aliphatic heterocycles. The van der Waals surface area contributed by atoms with Gasteiger partial charge in [-0.3, -0.25) is 4.68 Å². The summed E-state index contributed by atoms with van der Waals surface area (Å²) in [4.78, 5) is 0. The van der Waals surface area contributed by atoms with Crippen LogP contribution in [-0.2, 0) is 19.6 Å². The van der Waals surface area contributed by atoms with Crippen molar-refractivity contribution in [3.05, 3.63) is 29.2 Å². The largest absolute Gasteiger partial charge is 0.365 e. The molecule has 2 rings (SSSR count). The van der Waals surface area contributed by atoms with Gasteiger partial charge in [0.05, 0.1) is 24.1 Å². The highest BCUT2D eigenvalue weighted by Gasteiger charge is 2.08. The van der Waals surface area contributed by atoms with Crippen molar-refractivity contribution in [2.24, 2.45) is 0 Å². The SMILES string of the molecule is CCn1nc(C)cc1NCc1c(C)cnn1CC.Cl. The van der Waals surface area contributed by atoms with Gasteiger partial charge in [0.1, 0.15) is 5.82 Å². The van der Waals surface area contributed by atoms with E-state index < -0.39 is 0 Å². The van der Waals surface area contributed by atoms with Gasteiger partial charge in [-0.05, 0) is 33.3 Å². The quantitative estimate of drug-likeness (QED) is 0.918. The zero-order valence-electron chi connectivity index (χ0n) is 12.0. The minimum absolute atomic E-state index is 0. The highest BCUT2D eigenvalue weighted by atomic mass is 35.5. The normalized spacial score (nSPS) is 10.3. The first kappa shape index (κ1) is 15.6. The van der Waals surface area contributed by atoms with E-state index in [4.69, 9.17) is 0 Å². The Labute approximate surface area is 120 Å². The Balaban J connectivity index is 0.00000180. The standard InChI is InChI=1S/C13H21N5.ClH/c1-5-17-12(10(3)8-15-17)9-14-13-7-11(4)16-18(13)6-2;/h7-8,14H,5-6,9H2,1-4H3;1H. The van der Waals surface area contributed by atoms with Gasteiger partial charge < -0.3 is 5.32 Å². The summed E-state index contributed by atoms with van der Waals surface area (Å²) in [5, 5.41) is 12.2. The fourth-order valence-electron chi connectivity index (χ4n) is 2.11. The summed E-state index contributed by atoms with van der Waals surface area (Å²) in [7, 11) is 0. The maximum absolute atomic E-state index is 4.43. The maximum atomic E-state index is 4.43. The van der Waals surface area contributed by atoms with E-state index >= 15 is 0 Å². The minimum Gasteiger partial charge on any atom is -0.365 e. The van der Waals surface area contributed by atoms with Crippen LogP contribution in [0.5, 0.6) is 0 Å². The predicted molar refractivity (Wildman–Crippen MR) is 79.9 cm³/mol. The summed E-state index contributed by atoms with van der Waals surface area (Å²) in [5.41, 5.74) is 3.50. The van der Waals surface area contributed by atoms with Gasteiger partial charge in [-0.15, -0.1) is 12.4 Å². The zero-order valence-corrected chi connectivity index (χ0v) is 12.8. The molecule has 0 unspecified atom stereocenters. The molecule has 0 fully saturated rings. The fraction of sp³-hybridized carbons (Fsp3) is 0.538. The molecule has 0 aromatic carbocycles. The molecule has 0 radical (unpaired) electrons. The van der Waals surface area contributed by atoms with Crippen molar-refractivity contribution >= 4 is 18.2 Å². The minimum atomic E-state index is 0. The number of hydrogen-bond donors (Lipinski definition) is 1. The van der Waals surface area contributed by atoms with Crippen molar-refractivity contribution in [3.63, 3.8) is 0 Å². The molecule has 0 spiro atoms. The smallest absolute Gasteiger partial charge is 0.124 e. The third-order valence-electron chi connectivity index (χ3n) is 3.10. The van der Waals surface area contributed by atoms with E-state index in [1.807, 2.05) is 22.5 Å². The van der Waals surface area contributed by atoms with Crippen LogP contribution in [0.1, 0.15) is 30.8 Å². The van der Waals surface area contributed by atoms with Gasteiger partial charge in [0.25, 0.3) is 0 Å². The number of rotatable bonds is 5. The number of nitrogens with zero attached hydrogens (tertiary/aromatic N) is 4. The van der Waals surface area contributed by atoms with E-state index in [-0.39, 0.29) is 12.4 Å². The maximum Gasteiger partial charge on any atom is 0.124 e. The summed E-state index contributed by atoms with van der Waals surface area (Å²) < 4.78 is 4.01. The molecule has 0 aliphatic carbocycles. The predicted octanol–water partition coefficient (Wildman–Crippen LogP) is 2.77. The molecule has 2 aromatic rings. The molecule has 0 aliphatic rings. The van der Waals surface area contributed by atoms with Crippen molar-refractivity contribution in [1.82, 2.24) is 19.6 Å². The van der Waals surface area contributed by atoms with E-state index in [1.165, 1.54) is 11.3 Å². The van der Waals surface area contributed by atoms with E-state index in [9.17, 15) is 0 Å². The Kier molecular flexibility index (Phi) is 5.42. The summed E-state index contributed by atoms with van der Waals surface area (Å²) in [6, 6.07) is 2.07. The van der Waals surface area contributed by atoms with Crippen LogP contribution in [0.2, 0.25) is 0 Å². The Hall–Kier alpha value is -1.49. The van der Waals surface area contributed by atoms with Crippen LogP contribution in [0.15, 0.2) is 12.3 Å². The Morgan fingerprint density at radius 1 is 1.16 bits per heavy atom.